The van der Waals surface area contributed by atoms with Gasteiger partial charge >= 0.3 is 5.97 Å². The lowest BCUT2D eigenvalue weighted by molar-refractivity contribution is -0.143. The number of nitrogens with zero attached hydrogens (tertiary/aromatic N) is 4. The summed E-state index contributed by atoms with van der Waals surface area (Å²) in [5.74, 6) is 0.372. The smallest absolute Gasteiger partial charge is 0.308 e. The van der Waals surface area contributed by atoms with Crippen LogP contribution in [0.4, 0.5) is 0 Å². The molecular formula is C17H22N4O2. The molecule has 1 aromatic carbocycles. The van der Waals surface area contributed by atoms with Gasteiger partial charge in [0.1, 0.15) is 12.2 Å². The zero-order valence-electron chi connectivity index (χ0n) is 13.5. The van der Waals surface area contributed by atoms with E-state index in [1.807, 2.05) is 35.0 Å². The quantitative estimate of drug-likeness (QED) is 0.914. The Hall–Kier alpha value is -2.21. The van der Waals surface area contributed by atoms with E-state index in [1.165, 1.54) is 0 Å². The summed E-state index contributed by atoms with van der Waals surface area (Å²) in [5, 5.41) is 13.7. The van der Waals surface area contributed by atoms with Gasteiger partial charge in [-0.25, -0.2) is 9.67 Å². The van der Waals surface area contributed by atoms with Crippen molar-refractivity contribution in [1.82, 2.24) is 19.7 Å². The zero-order valence-corrected chi connectivity index (χ0v) is 13.5. The van der Waals surface area contributed by atoms with Crippen LogP contribution in [0.25, 0.3) is 5.69 Å². The Kier molecular flexibility index (Phi) is 4.43. The molecule has 0 spiro atoms. The molecule has 1 aliphatic rings. The molecule has 0 bridgehead atoms. The van der Waals surface area contributed by atoms with Gasteiger partial charge in [0.2, 0.25) is 0 Å². The van der Waals surface area contributed by atoms with Crippen molar-refractivity contribution in [2.75, 3.05) is 13.1 Å². The molecule has 1 N–H and O–H groups in total. The number of likely N-dealkylation sites (tertiary alicyclic amines) is 1. The third-order valence-electron chi connectivity index (χ3n) is 4.60. The van der Waals surface area contributed by atoms with Crippen LogP contribution in [0.15, 0.2) is 36.7 Å². The van der Waals surface area contributed by atoms with Crippen LogP contribution in [0.1, 0.15) is 19.7 Å². The molecule has 1 saturated heterocycles. The van der Waals surface area contributed by atoms with Crippen molar-refractivity contribution in [3.05, 3.63) is 42.5 Å². The number of rotatable bonds is 5. The molecule has 2 heterocycles. The minimum Gasteiger partial charge on any atom is -0.481 e. The van der Waals surface area contributed by atoms with E-state index >= 15 is 0 Å². The van der Waals surface area contributed by atoms with Crippen molar-refractivity contribution in [2.24, 2.45) is 17.8 Å². The van der Waals surface area contributed by atoms with Crippen molar-refractivity contribution in [3.63, 3.8) is 0 Å². The molecular weight excluding hydrogens is 292 g/mol. The predicted octanol–water partition coefficient (Wildman–Crippen LogP) is 2.06. The Labute approximate surface area is 135 Å². The van der Waals surface area contributed by atoms with Gasteiger partial charge in [0, 0.05) is 13.1 Å². The second-order valence-electron chi connectivity index (χ2n) is 6.47. The molecule has 0 radical (unpaired) electrons. The number of benzene rings is 1. The average Bonchev–Trinajstić information content (AvgIpc) is 3.15. The predicted molar refractivity (Wildman–Crippen MR) is 86.1 cm³/mol. The van der Waals surface area contributed by atoms with Crippen LogP contribution >= 0.6 is 0 Å². The molecule has 23 heavy (non-hydrogen) atoms. The molecule has 6 heteroatoms. The van der Waals surface area contributed by atoms with Crippen LogP contribution < -0.4 is 0 Å². The molecule has 0 saturated carbocycles. The van der Waals surface area contributed by atoms with E-state index in [1.54, 1.807) is 6.33 Å². The fraction of sp³-hybridized carbons (Fsp3) is 0.471. The minimum atomic E-state index is -0.698. The number of aromatic nitrogens is 3. The largest absolute Gasteiger partial charge is 0.481 e. The Morgan fingerprint density at radius 2 is 2.04 bits per heavy atom. The normalized spacial score (nSPS) is 21.9. The van der Waals surface area contributed by atoms with Crippen molar-refractivity contribution in [1.29, 1.82) is 0 Å². The molecule has 0 aliphatic carbocycles. The second-order valence-corrected chi connectivity index (χ2v) is 6.47. The summed E-state index contributed by atoms with van der Waals surface area (Å²) in [6.45, 7) is 6.16. The maximum absolute atomic E-state index is 11.5. The van der Waals surface area contributed by atoms with Crippen LogP contribution in [0.2, 0.25) is 0 Å². The zero-order chi connectivity index (χ0) is 16.4. The van der Waals surface area contributed by atoms with E-state index in [4.69, 9.17) is 0 Å². The van der Waals surface area contributed by atoms with Gasteiger partial charge < -0.3 is 5.11 Å². The van der Waals surface area contributed by atoms with E-state index in [9.17, 15) is 9.90 Å². The van der Waals surface area contributed by atoms with E-state index in [0.29, 0.717) is 19.0 Å². The van der Waals surface area contributed by atoms with Crippen LogP contribution in [-0.4, -0.2) is 43.8 Å². The van der Waals surface area contributed by atoms with Gasteiger partial charge in [-0.3, -0.25) is 9.69 Å². The molecule has 0 unspecified atom stereocenters. The van der Waals surface area contributed by atoms with Gasteiger partial charge in [-0.2, -0.15) is 5.10 Å². The SMILES string of the molecule is CC(C)[C@@H]1CN(Cc2ncnn2-c2ccccc2)C[C@H]1C(=O)O. The monoisotopic (exact) mass is 314 g/mol. The Morgan fingerprint density at radius 1 is 1.30 bits per heavy atom. The summed E-state index contributed by atoms with van der Waals surface area (Å²) >= 11 is 0. The molecule has 122 valence electrons. The van der Waals surface area contributed by atoms with E-state index in [0.717, 1.165) is 18.1 Å². The van der Waals surface area contributed by atoms with Gasteiger partial charge in [0.05, 0.1) is 18.2 Å². The first-order valence-corrected chi connectivity index (χ1v) is 7.95. The van der Waals surface area contributed by atoms with Gasteiger partial charge in [0.15, 0.2) is 0 Å². The molecule has 1 aromatic heterocycles. The maximum Gasteiger partial charge on any atom is 0.308 e. The molecule has 1 aliphatic heterocycles. The number of aliphatic carboxylic acids is 1. The Bertz CT molecular complexity index is 668. The molecule has 1 fully saturated rings. The highest BCUT2D eigenvalue weighted by atomic mass is 16.4. The van der Waals surface area contributed by atoms with Crippen LogP contribution in [-0.2, 0) is 11.3 Å². The van der Waals surface area contributed by atoms with Gasteiger partial charge in [-0.05, 0) is 24.0 Å². The first kappa shape index (κ1) is 15.7. The van der Waals surface area contributed by atoms with Crippen molar-refractivity contribution >= 4 is 5.97 Å². The first-order valence-electron chi connectivity index (χ1n) is 7.95. The maximum atomic E-state index is 11.5. The van der Waals surface area contributed by atoms with Crippen molar-refractivity contribution in [2.45, 2.75) is 20.4 Å². The number of carboxylic acids is 1. The Balaban J connectivity index is 1.77. The lowest BCUT2D eigenvalue weighted by atomic mass is 9.86. The summed E-state index contributed by atoms with van der Waals surface area (Å²) < 4.78 is 1.82. The van der Waals surface area contributed by atoms with Crippen LogP contribution in [0.3, 0.4) is 0 Å². The molecule has 2 aromatic rings. The fourth-order valence-electron chi connectivity index (χ4n) is 3.34. The number of hydrogen-bond acceptors (Lipinski definition) is 4. The van der Waals surface area contributed by atoms with Gasteiger partial charge in [0.25, 0.3) is 0 Å². The number of carboxylic acid groups (broad SMARTS) is 1. The first-order chi connectivity index (χ1) is 11.1. The van der Waals surface area contributed by atoms with E-state index < -0.39 is 5.97 Å². The molecule has 2 atom stereocenters. The molecule has 6 nitrogen and oxygen atoms in total. The lowest BCUT2D eigenvalue weighted by Crippen LogP contribution is -2.25. The fourth-order valence-corrected chi connectivity index (χ4v) is 3.34. The highest BCUT2D eigenvalue weighted by Crippen LogP contribution is 2.30. The lowest BCUT2D eigenvalue weighted by Gasteiger charge is -2.18. The minimum absolute atomic E-state index is 0.181. The summed E-state index contributed by atoms with van der Waals surface area (Å²) in [5.41, 5.74) is 0.967. The average molecular weight is 314 g/mol. The molecule has 3 rings (SSSR count). The van der Waals surface area contributed by atoms with Crippen molar-refractivity contribution in [3.8, 4) is 5.69 Å². The van der Waals surface area contributed by atoms with Gasteiger partial charge in [-0.15, -0.1) is 0 Å². The number of carbonyl (C=O) groups is 1. The van der Waals surface area contributed by atoms with Crippen LogP contribution in [0.5, 0.6) is 0 Å². The third-order valence-corrected chi connectivity index (χ3v) is 4.60. The van der Waals surface area contributed by atoms with E-state index in [-0.39, 0.29) is 11.8 Å². The van der Waals surface area contributed by atoms with Gasteiger partial charge in [-0.1, -0.05) is 32.0 Å². The number of hydrogen-bond donors (Lipinski definition) is 1. The number of para-hydroxylation sites is 1. The third kappa shape index (κ3) is 3.27. The highest BCUT2D eigenvalue weighted by molar-refractivity contribution is 5.71. The summed E-state index contributed by atoms with van der Waals surface area (Å²) in [6.07, 6.45) is 1.55. The highest BCUT2D eigenvalue weighted by Gasteiger charge is 2.39. The Morgan fingerprint density at radius 3 is 2.65 bits per heavy atom. The summed E-state index contributed by atoms with van der Waals surface area (Å²) in [7, 11) is 0. The summed E-state index contributed by atoms with van der Waals surface area (Å²) in [4.78, 5) is 18.0. The van der Waals surface area contributed by atoms with Crippen molar-refractivity contribution < 1.29 is 9.90 Å². The summed E-state index contributed by atoms with van der Waals surface area (Å²) in [6, 6.07) is 9.86. The van der Waals surface area contributed by atoms with Crippen LogP contribution in [0, 0.1) is 17.8 Å². The standard InChI is InChI=1S/C17H22N4O2/c1-12(2)14-8-20(9-15(14)17(22)23)10-16-18-11-19-21(16)13-6-4-3-5-7-13/h3-7,11-12,14-15H,8-10H2,1-2H3,(H,22,23)/t14-,15+/m0/s1. The topological polar surface area (TPSA) is 71.2 Å². The van der Waals surface area contributed by atoms with E-state index in [2.05, 4.69) is 28.8 Å². The molecule has 0 amide bonds. The second kappa shape index (κ2) is 6.50.